The van der Waals surface area contributed by atoms with Crippen molar-refractivity contribution >= 4 is 88.5 Å². The summed E-state index contributed by atoms with van der Waals surface area (Å²) in [6.45, 7) is 35.9. The Labute approximate surface area is 525 Å². The Hall–Kier alpha value is -9.85. The molecule has 10 heteroatoms. The Balaban J connectivity index is 1.23. The molecule has 0 spiro atoms. The molecule has 1 aliphatic rings. The van der Waals surface area contributed by atoms with Gasteiger partial charge in [-0.05, 0) is 129 Å². The molecule has 0 amide bonds. The molecule has 0 fully saturated rings. The number of benzene rings is 10. The van der Waals surface area contributed by atoms with E-state index in [1.807, 2.05) is 42.5 Å². The molecule has 89 heavy (non-hydrogen) atoms. The standard InChI is InChI=1S/C79H72N6O2Si2/c1-77(2,3)54-30-34-59(35-31-54)84(61-38-42-63(43-39-61)88(8,9)10)67-48-65-69(73-71(67)82-75(86-73)52-23-20-22-51(46-52)50-80)70-66(79(65,56-25-16-14-17-26-56)57-27-18-15-19-28-57)49-68(72-74(70)87-76(83-72)53-24-21-29-58(47-53)81-7)85(60-36-32-55(33-37-60)78(4,5)6)62-40-44-64(45-41-62)89(11,12)13/h14-49H,1-6,8-13H3. The van der Waals surface area contributed by atoms with Crippen LogP contribution in [0.3, 0.4) is 0 Å². The summed E-state index contributed by atoms with van der Waals surface area (Å²) in [5.41, 5.74) is 17.0. The van der Waals surface area contributed by atoms with Gasteiger partial charge in [0, 0.05) is 45.0 Å². The van der Waals surface area contributed by atoms with Crippen LogP contribution in [-0.4, -0.2) is 26.1 Å². The van der Waals surface area contributed by atoms with Gasteiger partial charge in [0.25, 0.3) is 0 Å². The number of aromatic nitrogens is 2. The average molecular weight is 1190 g/mol. The number of hydrogen-bond acceptors (Lipinski definition) is 7. The predicted octanol–water partition coefficient (Wildman–Crippen LogP) is 20.7. The van der Waals surface area contributed by atoms with Gasteiger partial charge in [-0.3, -0.25) is 0 Å². The molecule has 1 aliphatic carbocycles. The minimum Gasteiger partial charge on any atom is -0.435 e. The van der Waals surface area contributed by atoms with Gasteiger partial charge >= 0.3 is 0 Å². The van der Waals surface area contributed by atoms with Crippen molar-refractivity contribution in [3.05, 3.63) is 269 Å². The average Bonchev–Trinajstić information content (AvgIpc) is 1.51. The van der Waals surface area contributed by atoms with E-state index in [0.717, 1.165) is 67.5 Å². The summed E-state index contributed by atoms with van der Waals surface area (Å²) in [7, 11) is -3.46. The van der Waals surface area contributed by atoms with Crippen molar-refractivity contribution in [2.24, 2.45) is 0 Å². The van der Waals surface area contributed by atoms with Gasteiger partial charge in [0.05, 0.1) is 51.1 Å². The largest absolute Gasteiger partial charge is 0.435 e. The molecule has 0 saturated heterocycles. The summed E-state index contributed by atoms with van der Waals surface area (Å²) in [5, 5.41) is 13.0. The molecular weight excluding hydrogens is 1120 g/mol. The number of nitrogens with zero attached hydrogens (tertiary/aromatic N) is 6. The maximum absolute atomic E-state index is 10.3. The Morgan fingerprint density at radius 2 is 0.843 bits per heavy atom. The second kappa shape index (κ2) is 21.8. The van der Waals surface area contributed by atoms with E-state index < -0.39 is 21.6 Å². The highest BCUT2D eigenvalue weighted by atomic mass is 28.3. The zero-order valence-corrected chi connectivity index (χ0v) is 54.8. The number of nitriles is 1. The van der Waals surface area contributed by atoms with Crippen molar-refractivity contribution in [1.29, 1.82) is 5.26 Å². The maximum Gasteiger partial charge on any atom is 0.227 e. The lowest BCUT2D eigenvalue weighted by Crippen LogP contribution is -2.37. The fourth-order valence-corrected chi connectivity index (χ4v) is 15.2. The molecule has 2 aromatic heterocycles. The summed E-state index contributed by atoms with van der Waals surface area (Å²) >= 11 is 0. The summed E-state index contributed by atoms with van der Waals surface area (Å²) < 4.78 is 15.1. The Morgan fingerprint density at radius 3 is 1.21 bits per heavy atom. The minimum atomic E-state index is -1.73. The summed E-state index contributed by atoms with van der Waals surface area (Å²) in [4.78, 5) is 19.8. The lowest BCUT2D eigenvalue weighted by atomic mass is 9.67. The third kappa shape index (κ3) is 10.3. The maximum atomic E-state index is 10.3. The zero-order chi connectivity index (χ0) is 62.4. The zero-order valence-electron chi connectivity index (χ0n) is 52.8. The number of fused-ring (bicyclic) bond motifs is 7. The summed E-state index contributed by atoms with van der Waals surface area (Å²) in [6, 6.07) is 79.9. The first kappa shape index (κ1) is 58.2. The molecule has 8 nitrogen and oxygen atoms in total. The molecule has 438 valence electrons. The van der Waals surface area contributed by atoms with Crippen molar-refractivity contribution in [1.82, 2.24) is 9.97 Å². The fraction of sp³-hybridized carbons (Fsp3) is 0.190. The van der Waals surface area contributed by atoms with Crippen LogP contribution < -0.4 is 20.2 Å². The topological polar surface area (TPSA) is 86.7 Å². The fourth-order valence-electron chi connectivity index (χ4n) is 12.8. The Bertz CT molecular complexity index is 4340. The van der Waals surface area contributed by atoms with Gasteiger partial charge in [-0.15, -0.1) is 0 Å². The molecule has 2 heterocycles. The first-order valence-electron chi connectivity index (χ1n) is 30.6. The van der Waals surface area contributed by atoms with E-state index in [2.05, 4.69) is 271 Å². The van der Waals surface area contributed by atoms with E-state index in [9.17, 15) is 5.26 Å². The lowest BCUT2D eigenvalue weighted by molar-refractivity contribution is 0.590. The minimum absolute atomic E-state index is 0.0903. The molecule has 0 N–H and O–H groups in total. The normalized spacial score (nSPS) is 13.0. The molecule has 10 aromatic carbocycles. The Kier molecular flexibility index (Phi) is 14.2. The smallest absolute Gasteiger partial charge is 0.227 e. The number of oxazole rings is 2. The van der Waals surface area contributed by atoms with Crippen molar-refractivity contribution in [3.8, 4) is 40.1 Å². The van der Waals surface area contributed by atoms with E-state index in [1.165, 1.54) is 21.5 Å². The van der Waals surface area contributed by atoms with Crippen molar-refractivity contribution < 1.29 is 8.83 Å². The third-order valence-electron chi connectivity index (χ3n) is 17.7. The van der Waals surface area contributed by atoms with Gasteiger partial charge in [-0.1, -0.05) is 225 Å². The monoisotopic (exact) mass is 1190 g/mol. The number of anilines is 6. The molecular formula is C79H72N6O2Si2. The SMILES string of the molecule is [C-]#[N+]c1cccc(-c2nc3c(N(c4ccc(C(C)(C)C)cc4)c4ccc([Si](C)(C)C)cc4)cc4c(c3o2)-c2c(cc(N(c3ccc(C(C)(C)C)cc3)c3ccc([Si](C)(C)C)cc3)c3nc(-c5cccc(C#N)c5)oc23)C4(c2ccccc2)c2ccccc2)c1. The first-order chi connectivity index (χ1) is 42.5. The Morgan fingerprint density at radius 1 is 0.461 bits per heavy atom. The highest BCUT2D eigenvalue weighted by Crippen LogP contribution is 2.63. The summed E-state index contributed by atoms with van der Waals surface area (Å²) in [5.74, 6) is 0.748. The van der Waals surface area contributed by atoms with E-state index in [4.69, 9.17) is 25.4 Å². The van der Waals surface area contributed by atoms with E-state index >= 15 is 0 Å². The van der Waals surface area contributed by atoms with E-state index in [-0.39, 0.29) is 10.8 Å². The summed E-state index contributed by atoms with van der Waals surface area (Å²) in [6.07, 6.45) is 0. The van der Waals surface area contributed by atoms with Crippen molar-refractivity contribution in [2.45, 2.75) is 97.1 Å². The van der Waals surface area contributed by atoms with E-state index in [1.54, 1.807) is 6.07 Å². The van der Waals surface area contributed by atoms with Gasteiger partial charge in [0.15, 0.2) is 16.9 Å². The molecule has 12 aromatic rings. The number of hydrogen-bond donors (Lipinski definition) is 0. The van der Waals surface area contributed by atoms with Crippen LogP contribution in [0.2, 0.25) is 39.3 Å². The van der Waals surface area contributed by atoms with Crippen molar-refractivity contribution in [3.63, 3.8) is 0 Å². The van der Waals surface area contributed by atoms with Gasteiger partial charge in [0.1, 0.15) is 11.0 Å². The molecule has 0 bridgehead atoms. The predicted molar refractivity (Wildman–Crippen MR) is 373 cm³/mol. The van der Waals surface area contributed by atoms with Crippen LogP contribution in [-0.2, 0) is 16.2 Å². The molecule has 0 unspecified atom stereocenters. The van der Waals surface area contributed by atoms with Crippen LogP contribution in [0.15, 0.2) is 227 Å². The third-order valence-corrected chi connectivity index (χ3v) is 21.8. The van der Waals surface area contributed by atoms with Crippen LogP contribution in [0.4, 0.5) is 39.8 Å². The highest BCUT2D eigenvalue weighted by molar-refractivity contribution is 6.89. The second-order valence-electron chi connectivity index (χ2n) is 27.7. The van der Waals surface area contributed by atoms with Crippen LogP contribution in [0.25, 0.3) is 61.1 Å². The molecule has 0 aliphatic heterocycles. The lowest BCUT2D eigenvalue weighted by Gasteiger charge is -2.36. The molecule has 0 saturated carbocycles. The quantitative estimate of drug-likeness (QED) is 0.0890. The van der Waals surface area contributed by atoms with Crippen LogP contribution >= 0.6 is 0 Å². The second-order valence-corrected chi connectivity index (χ2v) is 37.9. The van der Waals surface area contributed by atoms with Crippen LogP contribution in [0.5, 0.6) is 0 Å². The van der Waals surface area contributed by atoms with Gasteiger partial charge in [-0.25, -0.2) is 14.8 Å². The number of rotatable bonds is 12. The van der Waals surface area contributed by atoms with Gasteiger partial charge < -0.3 is 18.6 Å². The van der Waals surface area contributed by atoms with Crippen molar-refractivity contribution in [2.75, 3.05) is 9.80 Å². The van der Waals surface area contributed by atoms with Gasteiger partial charge in [0.2, 0.25) is 11.8 Å². The first-order valence-corrected chi connectivity index (χ1v) is 37.6. The molecule has 13 rings (SSSR count). The van der Waals surface area contributed by atoms with Crippen LogP contribution in [0.1, 0.15) is 80.5 Å². The van der Waals surface area contributed by atoms with Gasteiger partial charge in [-0.2, -0.15) is 5.26 Å². The molecule has 0 radical (unpaired) electrons. The highest BCUT2D eigenvalue weighted by Gasteiger charge is 2.51. The van der Waals surface area contributed by atoms with Crippen LogP contribution in [0, 0.1) is 17.9 Å². The van der Waals surface area contributed by atoms with E-state index in [0.29, 0.717) is 56.4 Å². The molecule has 0 atom stereocenters.